The van der Waals surface area contributed by atoms with Crippen molar-refractivity contribution in [2.45, 2.75) is 76.5 Å². The van der Waals surface area contributed by atoms with Gasteiger partial charge in [-0.1, -0.05) is 49.0 Å². The lowest BCUT2D eigenvalue weighted by Gasteiger charge is -2.46. The number of hydrogen-bond acceptors (Lipinski definition) is 6. The van der Waals surface area contributed by atoms with Gasteiger partial charge in [0.15, 0.2) is 0 Å². The van der Waals surface area contributed by atoms with Gasteiger partial charge in [0.05, 0.1) is 12.4 Å². The molecular weight excluding hydrogens is 376 g/mol. The fourth-order valence-electron chi connectivity index (χ4n) is 6.21. The summed E-state index contributed by atoms with van der Waals surface area (Å²) >= 11 is 0. The molecule has 164 valence electrons. The van der Waals surface area contributed by atoms with E-state index in [1.165, 1.54) is 64.2 Å². The zero-order valence-electron chi connectivity index (χ0n) is 18.1. The molecule has 2 aromatic heterocycles. The summed E-state index contributed by atoms with van der Waals surface area (Å²) < 4.78 is 4.25. The molecule has 8 heteroatoms. The average molecular weight is 413 g/mol. The van der Waals surface area contributed by atoms with E-state index in [1.54, 1.807) is 0 Å². The van der Waals surface area contributed by atoms with Crippen molar-refractivity contribution in [3.8, 4) is 0 Å². The number of aromatic nitrogens is 6. The molecule has 3 fully saturated rings. The SMILES string of the molecule is c1cn(C(C2CCCCC2)N2CCN(C(C3CCCCC3)n3ccnn3)CC2)nn1. The molecule has 5 rings (SSSR count). The third kappa shape index (κ3) is 4.30. The Labute approximate surface area is 179 Å². The largest absolute Gasteiger partial charge is 0.279 e. The van der Waals surface area contributed by atoms with Crippen LogP contribution in [0.3, 0.4) is 0 Å². The van der Waals surface area contributed by atoms with Crippen LogP contribution < -0.4 is 0 Å². The van der Waals surface area contributed by atoms with Crippen molar-refractivity contribution in [2.75, 3.05) is 26.2 Å². The van der Waals surface area contributed by atoms with Crippen molar-refractivity contribution < 1.29 is 0 Å². The molecule has 0 radical (unpaired) electrons. The number of rotatable bonds is 6. The molecule has 0 amide bonds. The molecule has 1 aliphatic heterocycles. The highest BCUT2D eigenvalue weighted by molar-refractivity contribution is 4.88. The Kier molecular flexibility index (Phi) is 6.41. The zero-order valence-corrected chi connectivity index (χ0v) is 18.1. The van der Waals surface area contributed by atoms with Gasteiger partial charge in [-0.15, -0.1) is 10.2 Å². The van der Waals surface area contributed by atoms with Crippen LogP contribution in [0.1, 0.15) is 76.5 Å². The number of hydrogen-bond donors (Lipinski definition) is 0. The van der Waals surface area contributed by atoms with Crippen molar-refractivity contribution in [1.29, 1.82) is 0 Å². The molecule has 0 spiro atoms. The minimum Gasteiger partial charge on any atom is -0.279 e. The summed E-state index contributed by atoms with van der Waals surface area (Å²) in [6, 6.07) is 0. The summed E-state index contributed by atoms with van der Waals surface area (Å²) in [7, 11) is 0. The lowest BCUT2D eigenvalue weighted by atomic mass is 9.85. The van der Waals surface area contributed by atoms with Crippen LogP contribution in [0.4, 0.5) is 0 Å². The summed E-state index contributed by atoms with van der Waals surface area (Å²) in [5.74, 6) is 1.38. The lowest BCUT2D eigenvalue weighted by Crippen LogP contribution is -2.53. The van der Waals surface area contributed by atoms with Crippen LogP contribution in [-0.2, 0) is 0 Å². The maximum absolute atomic E-state index is 4.42. The predicted molar refractivity (Wildman–Crippen MR) is 114 cm³/mol. The van der Waals surface area contributed by atoms with E-state index in [-0.39, 0.29) is 0 Å². The fourth-order valence-corrected chi connectivity index (χ4v) is 6.21. The van der Waals surface area contributed by atoms with Crippen LogP contribution in [0.5, 0.6) is 0 Å². The zero-order chi connectivity index (χ0) is 20.2. The van der Waals surface area contributed by atoms with E-state index < -0.39 is 0 Å². The van der Waals surface area contributed by atoms with Crippen LogP contribution >= 0.6 is 0 Å². The summed E-state index contributed by atoms with van der Waals surface area (Å²) in [5.41, 5.74) is 0. The van der Waals surface area contributed by atoms with Crippen molar-refractivity contribution >= 4 is 0 Å². The highest BCUT2D eigenvalue weighted by Gasteiger charge is 2.37. The highest BCUT2D eigenvalue weighted by atomic mass is 15.5. The van der Waals surface area contributed by atoms with Gasteiger partial charge in [0.2, 0.25) is 0 Å². The van der Waals surface area contributed by atoms with Gasteiger partial charge in [0.25, 0.3) is 0 Å². The standard InChI is InChI=1S/C22H36N8/c1-3-7-19(8-4-1)21(29-13-11-23-25-29)27-15-17-28(18-16-27)22(30-14-12-24-26-30)20-9-5-2-6-10-20/h11-14,19-22H,1-10,15-18H2. The first-order chi connectivity index (χ1) is 14.9. The maximum Gasteiger partial charge on any atom is 0.108 e. The minimum absolute atomic E-state index is 0.356. The molecule has 0 aromatic carbocycles. The second kappa shape index (κ2) is 9.56. The van der Waals surface area contributed by atoms with E-state index >= 15 is 0 Å². The molecule has 0 N–H and O–H groups in total. The normalized spacial score (nSPS) is 25.3. The Morgan fingerprint density at radius 3 is 1.30 bits per heavy atom. The summed E-state index contributed by atoms with van der Waals surface area (Å²) in [5, 5.41) is 17.1. The van der Waals surface area contributed by atoms with Crippen LogP contribution in [0.2, 0.25) is 0 Å². The maximum atomic E-state index is 4.42. The smallest absolute Gasteiger partial charge is 0.108 e. The second-order valence-corrected chi connectivity index (χ2v) is 9.46. The Morgan fingerprint density at radius 1 is 0.567 bits per heavy atom. The van der Waals surface area contributed by atoms with E-state index in [0.29, 0.717) is 24.2 Å². The van der Waals surface area contributed by atoms with E-state index in [0.717, 1.165) is 26.2 Å². The Bertz CT molecular complexity index is 661. The average Bonchev–Trinajstić information content (AvgIpc) is 3.52. The number of nitrogens with zero attached hydrogens (tertiary/aromatic N) is 8. The van der Waals surface area contributed by atoms with Gasteiger partial charge in [-0.25, -0.2) is 9.36 Å². The van der Waals surface area contributed by atoms with Gasteiger partial charge >= 0.3 is 0 Å². The first-order valence-corrected chi connectivity index (χ1v) is 12.1. The van der Waals surface area contributed by atoms with Crippen molar-refractivity contribution in [3.63, 3.8) is 0 Å². The molecule has 2 atom stereocenters. The Morgan fingerprint density at radius 2 is 0.967 bits per heavy atom. The van der Waals surface area contributed by atoms with Gasteiger partial charge in [-0.3, -0.25) is 9.80 Å². The quantitative estimate of drug-likeness (QED) is 0.725. The first-order valence-electron chi connectivity index (χ1n) is 12.1. The van der Waals surface area contributed by atoms with Crippen molar-refractivity contribution in [3.05, 3.63) is 24.8 Å². The van der Waals surface area contributed by atoms with Crippen molar-refractivity contribution in [2.24, 2.45) is 11.8 Å². The van der Waals surface area contributed by atoms with Gasteiger partial charge in [-0.05, 0) is 37.5 Å². The predicted octanol–water partition coefficient (Wildman–Crippen LogP) is 3.35. The highest BCUT2D eigenvalue weighted by Crippen LogP contribution is 2.38. The molecule has 2 aliphatic carbocycles. The fraction of sp³-hybridized carbons (Fsp3) is 0.818. The molecule has 2 aromatic rings. The molecule has 8 nitrogen and oxygen atoms in total. The molecule has 2 saturated carbocycles. The second-order valence-electron chi connectivity index (χ2n) is 9.46. The molecule has 1 saturated heterocycles. The van der Waals surface area contributed by atoms with E-state index in [1.807, 2.05) is 12.4 Å². The molecule has 2 unspecified atom stereocenters. The van der Waals surface area contributed by atoms with Gasteiger partial charge < -0.3 is 0 Å². The molecule has 3 aliphatic rings. The van der Waals surface area contributed by atoms with Crippen LogP contribution in [0.15, 0.2) is 24.8 Å². The third-order valence-electron chi connectivity index (χ3n) is 7.66. The topological polar surface area (TPSA) is 67.9 Å². The molecular formula is C22H36N8. The third-order valence-corrected chi connectivity index (χ3v) is 7.66. The summed E-state index contributed by atoms with van der Waals surface area (Å²) in [4.78, 5) is 5.33. The van der Waals surface area contributed by atoms with Gasteiger partial charge in [0, 0.05) is 38.6 Å². The van der Waals surface area contributed by atoms with Gasteiger partial charge in [-0.2, -0.15) is 0 Å². The van der Waals surface area contributed by atoms with E-state index in [9.17, 15) is 0 Å². The van der Waals surface area contributed by atoms with Crippen LogP contribution in [0.25, 0.3) is 0 Å². The molecule has 30 heavy (non-hydrogen) atoms. The molecule has 0 bridgehead atoms. The Hall–Kier alpha value is -1.80. The first kappa shape index (κ1) is 20.1. The van der Waals surface area contributed by atoms with Gasteiger partial charge in [0.1, 0.15) is 12.3 Å². The summed E-state index contributed by atoms with van der Waals surface area (Å²) in [6.07, 6.45) is 21.9. The lowest BCUT2D eigenvalue weighted by molar-refractivity contribution is -0.0309. The van der Waals surface area contributed by atoms with E-state index in [2.05, 4.69) is 52.2 Å². The van der Waals surface area contributed by atoms with Crippen LogP contribution in [-0.4, -0.2) is 66.0 Å². The summed E-state index contributed by atoms with van der Waals surface area (Å²) in [6.45, 7) is 4.33. The monoisotopic (exact) mass is 412 g/mol. The van der Waals surface area contributed by atoms with Crippen LogP contribution in [0, 0.1) is 11.8 Å². The minimum atomic E-state index is 0.356. The van der Waals surface area contributed by atoms with Crippen molar-refractivity contribution in [1.82, 2.24) is 39.8 Å². The molecule has 3 heterocycles. The Balaban J connectivity index is 1.30. The number of piperazine rings is 1. The van der Waals surface area contributed by atoms with E-state index in [4.69, 9.17) is 0 Å².